The number of nitrogens with zero attached hydrogens (tertiary/aromatic N) is 3. The molecule has 0 radical (unpaired) electrons. The number of halogens is 1. The van der Waals surface area contributed by atoms with E-state index in [1.807, 2.05) is 42.5 Å². The van der Waals surface area contributed by atoms with Gasteiger partial charge < -0.3 is 4.74 Å². The molecular formula is C23H20BrN3OS. The number of benzene rings is 3. The highest BCUT2D eigenvalue weighted by Crippen LogP contribution is 2.27. The molecule has 0 amide bonds. The third-order valence-electron chi connectivity index (χ3n) is 4.52. The van der Waals surface area contributed by atoms with Crippen molar-refractivity contribution in [3.63, 3.8) is 0 Å². The Morgan fingerprint density at radius 2 is 1.59 bits per heavy atom. The topological polar surface area (TPSA) is 39.9 Å². The van der Waals surface area contributed by atoms with Gasteiger partial charge in [-0.3, -0.25) is 4.57 Å². The minimum Gasteiger partial charge on any atom is -0.497 e. The first-order chi connectivity index (χ1) is 14.2. The van der Waals surface area contributed by atoms with Gasteiger partial charge in [0.15, 0.2) is 5.16 Å². The van der Waals surface area contributed by atoms with E-state index in [1.54, 1.807) is 18.9 Å². The number of hydrogen-bond donors (Lipinski definition) is 0. The van der Waals surface area contributed by atoms with Crippen molar-refractivity contribution in [1.29, 1.82) is 0 Å². The highest BCUT2D eigenvalue weighted by molar-refractivity contribution is 9.10. The van der Waals surface area contributed by atoms with E-state index in [0.29, 0.717) is 0 Å². The van der Waals surface area contributed by atoms with Gasteiger partial charge in [0, 0.05) is 22.3 Å². The summed E-state index contributed by atoms with van der Waals surface area (Å²) in [5.41, 5.74) is 3.48. The van der Waals surface area contributed by atoms with E-state index < -0.39 is 0 Å². The van der Waals surface area contributed by atoms with Crippen molar-refractivity contribution in [1.82, 2.24) is 14.8 Å². The Hall–Kier alpha value is -2.57. The van der Waals surface area contributed by atoms with Crippen molar-refractivity contribution in [2.24, 2.45) is 0 Å². The molecule has 4 aromatic rings. The van der Waals surface area contributed by atoms with E-state index in [9.17, 15) is 0 Å². The van der Waals surface area contributed by atoms with Gasteiger partial charge in [0.1, 0.15) is 11.6 Å². The summed E-state index contributed by atoms with van der Waals surface area (Å²) in [5.74, 6) is 2.57. The van der Waals surface area contributed by atoms with Gasteiger partial charge in [-0.1, -0.05) is 70.2 Å². The Balaban J connectivity index is 1.65. The Bertz CT molecular complexity index is 1060. The maximum absolute atomic E-state index is 5.31. The molecule has 146 valence electrons. The van der Waals surface area contributed by atoms with E-state index >= 15 is 0 Å². The van der Waals surface area contributed by atoms with Crippen molar-refractivity contribution in [3.8, 4) is 11.4 Å². The molecule has 29 heavy (non-hydrogen) atoms. The summed E-state index contributed by atoms with van der Waals surface area (Å²) in [4.78, 5) is 0. The lowest BCUT2D eigenvalue weighted by molar-refractivity contribution is 0.414. The van der Waals surface area contributed by atoms with Crippen molar-refractivity contribution in [3.05, 3.63) is 100 Å². The van der Waals surface area contributed by atoms with E-state index in [2.05, 4.69) is 67.1 Å². The van der Waals surface area contributed by atoms with Gasteiger partial charge in [-0.15, -0.1) is 10.2 Å². The molecule has 6 heteroatoms. The summed E-state index contributed by atoms with van der Waals surface area (Å²) in [6.45, 7) is 0. The second-order valence-electron chi connectivity index (χ2n) is 6.51. The van der Waals surface area contributed by atoms with Crippen molar-refractivity contribution >= 4 is 27.7 Å². The second-order valence-corrected chi connectivity index (χ2v) is 8.37. The molecule has 1 aromatic heterocycles. The van der Waals surface area contributed by atoms with Crippen LogP contribution in [0.25, 0.3) is 5.69 Å². The van der Waals surface area contributed by atoms with Crippen LogP contribution in [0.4, 0.5) is 0 Å². The molecule has 0 atom stereocenters. The lowest BCUT2D eigenvalue weighted by Gasteiger charge is -2.11. The lowest BCUT2D eigenvalue weighted by atomic mass is 10.1. The van der Waals surface area contributed by atoms with Crippen LogP contribution < -0.4 is 4.74 Å². The molecule has 3 aromatic carbocycles. The minimum atomic E-state index is 0.721. The van der Waals surface area contributed by atoms with Crippen molar-refractivity contribution < 1.29 is 4.74 Å². The molecule has 0 bridgehead atoms. The number of thioether (sulfide) groups is 1. The third kappa shape index (κ3) is 4.89. The minimum absolute atomic E-state index is 0.721. The first-order valence-electron chi connectivity index (χ1n) is 9.23. The molecule has 0 fully saturated rings. The predicted octanol–water partition coefficient (Wildman–Crippen LogP) is 5.92. The monoisotopic (exact) mass is 465 g/mol. The summed E-state index contributed by atoms with van der Waals surface area (Å²) in [5, 5.41) is 9.89. The van der Waals surface area contributed by atoms with E-state index in [0.717, 1.165) is 39.1 Å². The van der Waals surface area contributed by atoms with Crippen LogP contribution >= 0.6 is 27.7 Å². The van der Waals surface area contributed by atoms with Crippen molar-refractivity contribution in [2.75, 3.05) is 7.11 Å². The van der Waals surface area contributed by atoms with Gasteiger partial charge in [0.25, 0.3) is 0 Å². The second kappa shape index (κ2) is 9.29. The number of rotatable bonds is 7. The number of methoxy groups -OCH3 is 1. The molecule has 0 spiro atoms. The van der Waals surface area contributed by atoms with Crippen LogP contribution in [0.2, 0.25) is 0 Å². The number of hydrogen-bond acceptors (Lipinski definition) is 4. The van der Waals surface area contributed by atoms with Crippen LogP contribution in [-0.4, -0.2) is 21.9 Å². The Morgan fingerprint density at radius 3 is 2.28 bits per heavy atom. The highest BCUT2D eigenvalue weighted by atomic mass is 79.9. The average Bonchev–Trinajstić information content (AvgIpc) is 3.16. The zero-order valence-corrected chi connectivity index (χ0v) is 18.4. The molecule has 0 saturated heterocycles. The van der Waals surface area contributed by atoms with Crippen LogP contribution in [0, 0.1) is 0 Å². The van der Waals surface area contributed by atoms with Crippen LogP contribution in [-0.2, 0) is 12.2 Å². The predicted molar refractivity (Wildman–Crippen MR) is 121 cm³/mol. The molecule has 0 unspecified atom stereocenters. The molecule has 0 aliphatic carbocycles. The molecule has 0 aliphatic rings. The van der Waals surface area contributed by atoms with E-state index in [4.69, 9.17) is 4.74 Å². The average molecular weight is 466 g/mol. The Morgan fingerprint density at radius 1 is 0.862 bits per heavy atom. The zero-order chi connectivity index (χ0) is 20.1. The van der Waals surface area contributed by atoms with Crippen molar-refractivity contribution in [2.45, 2.75) is 17.3 Å². The summed E-state index contributed by atoms with van der Waals surface area (Å²) < 4.78 is 8.52. The van der Waals surface area contributed by atoms with E-state index in [1.165, 1.54) is 11.1 Å². The fourth-order valence-electron chi connectivity index (χ4n) is 3.01. The summed E-state index contributed by atoms with van der Waals surface area (Å²) in [7, 11) is 1.67. The molecule has 4 nitrogen and oxygen atoms in total. The molecule has 0 N–H and O–H groups in total. The first kappa shape index (κ1) is 19.7. The molecule has 0 aliphatic heterocycles. The molecular weight excluding hydrogens is 446 g/mol. The Kier molecular flexibility index (Phi) is 6.32. The Labute approximate surface area is 183 Å². The molecule has 0 saturated carbocycles. The van der Waals surface area contributed by atoms with Gasteiger partial charge in [-0.25, -0.2) is 0 Å². The SMILES string of the molecule is COc1ccc(-n2c(Cc3ccccc3)nnc2SCc2ccc(Br)cc2)cc1. The van der Waals surface area contributed by atoms with Gasteiger partial charge in [0.2, 0.25) is 0 Å². The third-order valence-corrected chi connectivity index (χ3v) is 6.05. The normalized spacial score (nSPS) is 10.8. The fraction of sp³-hybridized carbons (Fsp3) is 0.130. The van der Waals surface area contributed by atoms with Gasteiger partial charge in [-0.2, -0.15) is 0 Å². The van der Waals surface area contributed by atoms with Crippen LogP contribution in [0.5, 0.6) is 5.75 Å². The number of aromatic nitrogens is 3. The number of ether oxygens (including phenoxy) is 1. The molecule has 1 heterocycles. The first-order valence-corrected chi connectivity index (χ1v) is 11.0. The standard InChI is InChI=1S/C23H20BrN3OS/c1-28-21-13-11-20(12-14-21)27-22(15-17-5-3-2-4-6-17)25-26-23(27)29-16-18-7-9-19(24)10-8-18/h2-14H,15-16H2,1H3. The zero-order valence-electron chi connectivity index (χ0n) is 16.0. The van der Waals surface area contributed by atoms with E-state index in [-0.39, 0.29) is 0 Å². The molecule has 4 rings (SSSR count). The largest absolute Gasteiger partial charge is 0.497 e. The maximum atomic E-state index is 5.31. The van der Waals surface area contributed by atoms with Crippen LogP contribution in [0.3, 0.4) is 0 Å². The lowest BCUT2D eigenvalue weighted by Crippen LogP contribution is -2.04. The van der Waals surface area contributed by atoms with Crippen LogP contribution in [0.1, 0.15) is 17.0 Å². The van der Waals surface area contributed by atoms with Gasteiger partial charge in [-0.05, 0) is 47.5 Å². The summed E-state index contributed by atoms with van der Waals surface area (Å²) in [6, 6.07) is 26.7. The maximum Gasteiger partial charge on any atom is 0.196 e. The highest BCUT2D eigenvalue weighted by Gasteiger charge is 2.15. The fourth-order valence-corrected chi connectivity index (χ4v) is 4.20. The smallest absolute Gasteiger partial charge is 0.196 e. The van der Waals surface area contributed by atoms with Gasteiger partial charge >= 0.3 is 0 Å². The van der Waals surface area contributed by atoms with Gasteiger partial charge in [0.05, 0.1) is 7.11 Å². The summed E-state index contributed by atoms with van der Waals surface area (Å²) in [6.07, 6.45) is 0.721. The summed E-state index contributed by atoms with van der Waals surface area (Å²) >= 11 is 5.17. The van der Waals surface area contributed by atoms with Crippen LogP contribution in [0.15, 0.2) is 88.5 Å². The quantitative estimate of drug-likeness (QED) is 0.317.